The molecule has 0 saturated carbocycles. The molecule has 0 fully saturated rings. The average Bonchev–Trinajstić information content (AvgIpc) is 3.01. The zero-order valence-electron chi connectivity index (χ0n) is 9.67. The van der Waals surface area contributed by atoms with E-state index in [1.54, 1.807) is 18.2 Å². The third-order valence-electron chi connectivity index (χ3n) is 2.61. The fourth-order valence-electron chi connectivity index (χ4n) is 1.76. The maximum absolute atomic E-state index is 11.7. The molecule has 0 spiro atoms. The van der Waals surface area contributed by atoms with Crippen LogP contribution < -0.4 is 0 Å². The first-order chi connectivity index (χ1) is 9.24. The molecule has 1 aromatic carbocycles. The Balaban J connectivity index is 2.02. The third-order valence-corrected chi connectivity index (χ3v) is 3.72. The fourth-order valence-corrected chi connectivity index (χ4v) is 2.68. The van der Waals surface area contributed by atoms with Crippen LogP contribution in [-0.2, 0) is 9.63 Å². The molecule has 94 valence electrons. The van der Waals surface area contributed by atoms with Crippen molar-refractivity contribution in [1.82, 2.24) is 0 Å². The van der Waals surface area contributed by atoms with E-state index in [0.29, 0.717) is 16.3 Å². The summed E-state index contributed by atoms with van der Waals surface area (Å²) in [4.78, 5) is 17.4. The lowest BCUT2D eigenvalue weighted by molar-refractivity contribution is -0.136. The minimum Gasteiger partial charge on any atom is -0.312 e. The van der Waals surface area contributed by atoms with Crippen LogP contribution in [-0.4, -0.2) is 11.7 Å². The molecule has 3 nitrogen and oxygen atoms in total. The van der Waals surface area contributed by atoms with E-state index in [2.05, 4.69) is 5.16 Å². The average molecular weight is 290 g/mol. The number of carbonyl (C=O) groups is 1. The highest BCUT2D eigenvalue weighted by Crippen LogP contribution is 2.24. The van der Waals surface area contributed by atoms with Crippen molar-refractivity contribution in [2.45, 2.75) is 0 Å². The second-order valence-electron chi connectivity index (χ2n) is 3.91. The van der Waals surface area contributed by atoms with Gasteiger partial charge in [-0.05, 0) is 35.2 Å². The number of carbonyl (C=O) groups excluding carboxylic acids is 1. The predicted octanol–water partition coefficient (Wildman–Crippen LogP) is 3.75. The van der Waals surface area contributed by atoms with E-state index in [1.807, 2.05) is 29.6 Å². The van der Waals surface area contributed by atoms with Crippen molar-refractivity contribution in [1.29, 1.82) is 0 Å². The maximum atomic E-state index is 11.7. The van der Waals surface area contributed by atoms with Crippen molar-refractivity contribution in [3.63, 3.8) is 0 Å². The third kappa shape index (κ3) is 2.45. The Labute approximate surface area is 118 Å². The highest BCUT2D eigenvalue weighted by atomic mass is 35.5. The van der Waals surface area contributed by atoms with Gasteiger partial charge in [0.05, 0.1) is 10.5 Å². The van der Waals surface area contributed by atoms with E-state index in [9.17, 15) is 4.79 Å². The molecule has 0 radical (unpaired) electrons. The number of thiophene rings is 1. The maximum Gasteiger partial charge on any atom is 0.368 e. The van der Waals surface area contributed by atoms with Crippen molar-refractivity contribution in [2.75, 3.05) is 0 Å². The largest absolute Gasteiger partial charge is 0.368 e. The molecule has 0 aliphatic carbocycles. The van der Waals surface area contributed by atoms with Gasteiger partial charge in [0.15, 0.2) is 0 Å². The van der Waals surface area contributed by atoms with Gasteiger partial charge in [-0.3, -0.25) is 0 Å². The van der Waals surface area contributed by atoms with E-state index in [0.717, 1.165) is 10.4 Å². The normalized spacial score (nSPS) is 16.6. The zero-order valence-corrected chi connectivity index (χ0v) is 11.2. The molecule has 3 rings (SSSR count). The number of nitrogens with zero attached hydrogens (tertiary/aromatic N) is 1. The molecule has 2 aromatic rings. The first-order valence-electron chi connectivity index (χ1n) is 5.55. The van der Waals surface area contributed by atoms with Gasteiger partial charge in [0, 0.05) is 5.02 Å². The van der Waals surface area contributed by atoms with Crippen molar-refractivity contribution >= 4 is 40.7 Å². The molecule has 0 N–H and O–H groups in total. The molecule has 2 heterocycles. The Hall–Kier alpha value is -1.91. The summed E-state index contributed by atoms with van der Waals surface area (Å²) in [6.45, 7) is 0. The first-order valence-corrected chi connectivity index (χ1v) is 6.80. The topological polar surface area (TPSA) is 38.7 Å². The lowest BCUT2D eigenvalue weighted by atomic mass is 10.1. The highest BCUT2D eigenvalue weighted by molar-refractivity contribution is 7.12. The minimum atomic E-state index is -0.441. The number of benzene rings is 1. The molecule has 0 saturated heterocycles. The lowest BCUT2D eigenvalue weighted by Gasteiger charge is -1.98. The van der Waals surface area contributed by atoms with Crippen LogP contribution in [0.15, 0.2) is 52.5 Å². The number of hydrogen-bond donors (Lipinski definition) is 0. The summed E-state index contributed by atoms with van der Waals surface area (Å²) in [6, 6.07) is 11.1. The highest BCUT2D eigenvalue weighted by Gasteiger charge is 2.27. The standard InChI is InChI=1S/C14H8ClNO2S/c15-10-4-1-3-9(7-10)8-11-13(16-18-14(11)17)12-5-2-6-19-12/h1-8H/b11-8-. The van der Waals surface area contributed by atoms with Crippen LogP contribution in [0.3, 0.4) is 0 Å². The van der Waals surface area contributed by atoms with Crippen LogP contribution in [0.2, 0.25) is 5.02 Å². The SMILES string of the molecule is O=C1ON=C(c2cccs2)/C1=C/c1cccc(Cl)c1. The van der Waals surface area contributed by atoms with Crippen molar-refractivity contribution < 1.29 is 9.63 Å². The molecule has 0 amide bonds. The van der Waals surface area contributed by atoms with Gasteiger partial charge in [0.1, 0.15) is 5.71 Å². The predicted molar refractivity (Wildman–Crippen MR) is 76.4 cm³/mol. The summed E-state index contributed by atoms with van der Waals surface area (Å²) in [6.07, 6.45) is 1.74. The second kappa shape index (κ2) is 4.99. The van der Waals surface area contributed by atoms with Crippen LogP contribution in [0.25, 0.3) is 6.08 Å². The first kappa shape index (κ1) is 12.1. The Morgan fingerprint density at radius 2 is 2.16 bits per heavy atom. The van der Waals surface area contributed by atoms with Crippen LogP contribution in [0.1, 0.15) is 10.4 Å². The van der Waals surface area contributed by atoms with Crippen molar-refractivity contribution in [2.24, 2.45) is 5.16 Å². The summed E-state index contributed by atoms with van der Waals surface area (Å²) < 4.78 is 0. The molecule has 5 heteroatoms. The van der Waals surface area contributed by atoms with Gasteiger partial charge in [0.25, 0.3) is 0 Å². The number of hydrogen-bond acceptors (Lipinski definition) is 4. The zero-order chi connectivity index (χ0) is 13.2. The Bertz CT molecular complexity index is 689. The fraction of sp³-hybridized carbons (Fsp3) is 0. The van der Waals surface area contributed by atoms with E-state index >= 15 is 0 Å². The van der Waals surface area contributed by atoms with Gasteiger partial charge in [-0.25, -0.2) is 4.79 Å². The van der Waals surface area contributed by atoms with Crippen molar-refractivity contribution in [3.8, 4) is 0 Å². The van der Waals surface area contributed by atoms with Gasteiger partial charge < -0.3 is 4.84 Å². The Morgan fingerprint density at radius 1 is 1.26 bits per heavy atom. The van der Waals surface area contributed by atoms with Crippen LogP contribution >= 0.6 is 22.9 Å². The lowest BCUT2D eigenvalue weighted by Crippen LogP contribution is -2.05. The molecule has 1 aliphatic rings. The second-order valence-corrected chi connectivity index (χ2v) is 5.29. The summed E-state index contributed by atoms with van der Waals surface area (Å²) in [5, 5.41) is 6.38. The van der Waals surface area contributed by atoms with Crippen LogP contribution in [0, 0.1) is 0 Å². The van der Waals surface area contributed by atoms with E-state index < -0.39 is 5.97 Å². The quantitative estimate of drug-likeness (QED) is 0.624. The monoisotopic (exact) mass is 289 g/mol. The number of oxime groups is 1. The van der Waals surface area contributed by atoms with Gasteiger partial charge in [-0.15, -0.1) is 11.3 Å². The summed E-state index contributed by atoms with van der Waals surface area (Å²) >= 11 is 7.44. The van der Waals surface area contributed by atoms with E-state index in [1.165, 1.54) is 11.3 Å². The van der Waals surface area contributed by atoms with E-state index in [4.69, 9.17) is 16.4 Å². The van der Waals surface area contributed by atoms with E-state index in [-0.39, 0.29) is 0 Å². The Kier molecular flexibility index (Phi) is 3.19. The molecule has 0 bridgehead atoms. The van der Waals surface area contributed by atoms with Crippen LogP contribution in [0.5, 0.6) is 0 Å². The van der Waals surface area contributed by atoms with Crippen LogP contribution in [0.4, 0.5) is 0 Å². The summed E-state index contributed by atoms with van der Waals surface area (Å²) in [5.41, 5.74) is 1.86. The van der Waals surface area contributed by atoms with Gasteiger partial charge >= 0.3 is 5.97 Å². The molecule has 0 atom stereocenters. The van der Waals surface area contributed by atoms with Crippen molar-refractivity contribution in [3.05, 3.63) is 62.8 Å². The summed E-state index contributed by atoms with van der Waals surface area (Å²) in [5.74, 6) is -0.441. The molecule has 1 aliphatic heterocycles. The number of rotatable bonds is 2. The molecule has 1 aromatic heterocycles. The molecule has 0 unspecified atom stereocenters. The van der Waals surface area contributed by atoms with Gasteiger partial charge in [0.2, 0.25) is 0 Å². The molecule has 19 heavy (non-hydrogen) atoms. The Morgan fingerprint density at radius 3 is 2.89 bits per heavy atom. The number of halogens is 1. The van der Waals surface area contributed by atoms with Gasteiger partial charge in [-0.2, -0.15) is 0 Å². The minimum absolute atomic E-state index is 0.441. The van der Waals surface area contributed by atoms with Gasteiger partial charge in [-0.1, -0.05) is 35.0 Å². The molecular weight excluding hydrogens is 282 g/mol. The summed E-state index contributed by atoms with van der Waals surface area (Å²) in [7, 11) is 0. The smallest absolute Gasteiger partial charge is 0.312 e. The molecular formula is C14H8ClNO2S.